The second-order valence-electron chi connectivity index (χ2n) is 11.7. The Labute approximate surface area is 215 Å². The number of amides is 1. The van der Waals surface area contributed by atoms with Crippen LogP contribution < -0.4 is 11.1 Å². The third-order valence-electron chi connectivity index (χ3n) is 7.65. The number of ketones is 2. The average molecular weight is 514 g/mol. The number of rotatable bonds is 5. The molecule has 1 aromatic carbocycles. The molecule has 200 valence electrons. The first-order chi connectivity index (χ1) is 17.1. The van der Waals surface area contributed by atoms with Crippen molar-refractivity contribution in [3.8, 4) is 5.75 Å². The van der Waals surface area contributed by atoms with Crippen LogP contribution in [0.3, 0.4) is 0 Å². The quantitative estimate of drug-likeness (QED) is 0.317. The molecule has 0 saturated carbocycles. The fourth-order valence-electron chi connectivity index (χ4n) is 5.98. The molecule has 0 unspecified atom stereocenters. The van der Waals surface area contributed by atoms with E-state index in [2.05, 4.69) is 26.1 Å². The minimum Gasteiger partial charge on any atom is -0.510 e. The summed E-state index contributed by atoms with van der Waals surface area (Å²) in [6.07, 6.45) is 0.346. The fraction of sp³-hybridized carbons (Fsp3) is 0.519. The van der Waals surface area contributed by atoms with Crippen molar-refractivity contribution in [2.24, 2.45) is 23.0 Å². The molecule has 7 N–H and O–H groups in total. The molecule has 4 rings (SSSR count). The maximum Gasteiger partial charge on any atom is 0.255 e. The molecule has 0 heterocycles. The van der Waals surface area contributed by atoms with E-state index in [4.69, 9.17) is 5.73 Å². The Bertz CT molecular complexity index is 1260. The van der Waals surface area contributed by atoms with Gasteiger partial charge in [-0.3, -0.25) is 19.3 Å². The summed E-state index contributed by atoms with van der Waals surface area (Å²) in [5.41, 5.74) is 2.88. The summed E-state index contributed by atoms with van der Waals surface area (Å²) >= 11 is 0. The molecule has 0 aliphatic heterocycles. The topological polar surface area (TPSA) is 173 Å². The molecule has 1 aromatic rings. The monoisotopic (exact) mass is 513 g/mol. The molecular weight excluding hydrogens is 478 g/mol. The molecule has 0 fully saturated rings. The zero-order chi connectivity index (χ0) is 27.6. The van der Waals surface area contributed by atoms with E-state index in [-0.39, 0.29) is 35.1 Å². The molecule has 1 amide bonds. The maximum atomic E-state index is 13.7. The van der Waals surface area contributed by atoms with Crippen molar-refractivity contribution >= 4 is 17.5 Å². The Hall–Kier alpha value is -3.21. The van der Waals surface area contributed by atoms with E-state index in [0.29, 0.717) is 24.2 Å². The van der Waals surface area contributed by atoms with E-state index in [9.17, 15) is 34.8 Å². The summed E-state index contributed by atoms with van der Waals surface area (Å²) in [4.78, 5) is 40.6. The number of Topliss-reactive ketones (excluding diaryl/α,β-unsaturated/α-hetero) is 2. The van der Waals surface area contributed by atoms with E-state index in [1.165, 1.54) is 4.90 Å². The minimum atomic E-state index is -2.63. The highest BCUT2D eigenvalue weighted by atomic mass is 16.3. The van der Waals surface area contributed by atoms with Gasteiger partial charge in [-0.05, 0) is 43.8 Å². The first-order valence-electron chi connectivity index (χ1n) is 12.3. The summed E-state index contributed by atoms with van der Waals surface area (Å²) in [5.74, 6) is -6.43. The molecular formula is C27H35N3O7. The Morgan fingerprint density at radius 2 is 1.84 bits per heavy atom. The summed E-state index contributed by atoms with van der Waals surface area (Å²) < 4.78 is 0. The zero-order valence-electron chi connectivity index (χ0n) is 21.8. The van der Waals surface area contributed by atoms with Crippen LogP contribution in [-0.4, -0.2) is 75.1 Å². The SMILES string of the molecule is CN(C)[C@@H]1C(O)=C(C(N)=O)C(=O)[C@@]2(O)C(O)=C3C(=O)c4c(ccc(CNCC(C)(C)C)c4O)C[C@H]3C[C@@H]12. The van der Waals surface area contributed by atoms with Crippen molar-refractivity contribution < 1.29 is 34.8 Å². The molecule has 10 heteroatoms. The van der Waals surface area contributed by atoms with E-state index in [1.54, 1.807) is 26.2 Å². The number of phenolic OH excluding ortho intramolecular Hbond substituents is 1. The zero-order valence-corrected chi connectivity index (χ0v) is 21.8. The van der Waals surface area contributed by atoms with E-state index >= 15 is 0 Å². The molecule has 0 aromatic heterocycles. The number of aliphatic hydroxyl groups excluding tert-OH is 2. The van der Waals surface area contributed by atoms with Crippen molar-refractivity contribution in [3.63, 3.8) is 0 Å². The third kappa shape index (κ3) is 4.13. The lowest BCUT2D eigenvalue weighted by atomic mass is 9.58. The van der Waals surface area contributed by atoms with E-state index in [1.807, 2.05) is 0 Å². The number of hydrogen-bond donors (Lipinski definition) is 6. The Kier molecular flexibility index (Phi) is 6.51. The number of nitrogens with one attached hydrogen (secondary N) is 1. The lowest BCUT2D eigenvalue weighted by molar-refractivity contribution is -0.148. The standard InChI is InChI=1S/C27H35N3O7/c1-26(2,3)11-29-10-13-7-6-12-8-14-9-15-19(30(4)5)22(33)18(25(28)36)24(35)27(15,37)23(34)17(14)21(32)16(12)20(13)31/h6-7,14-15,19,29,31,33-34,37H,8-11H2,1-5H3,(H2,28,36)/t14-,15-,19-,27-/m0/s1. The van der Waals surface area contributed by atoms with Crippen LogP contribution in [0.25, 0.3) is 0 Å². The fourth-order valence-corrected chi connectivity index (χ4v) is 5.98. The number of allylic oxidation sites excluding steroid dienone is 1. The number of likely N-dealkylation sites (N-methyl/N-ethyl adjacent to an activating group) is 1. The highest BCUT2D eigenvalue weighted by Gasteiger charge is 2.63. The maximum absolute atomic E-state index is 13.7. The number of nitrogens with zero attached hydrogens (tertiary/aromatic N) is 1. The van der Waals surface area contributed by atoms with Crippen molar-refractivity contribution in [3.05, 3.63) is 51.5 Å². The highest BCUT2D eigenvalue weighted by molar-refractivity contribution is 6.24. The van der Waals surface area contributed by atoms with Gasteiger partial charge < -0.3 is 31.5 Å². The highest BCUT2D eigenvalue weighted by Crippen LogP contribution is 2.52. The minimum absolute atomic E-state index is 0.0150. The van der Waals surface area contributed by atoms with Gasteiger partial charge in [-0.2, -0.15) is 0 Å². The first-order valence-corrected chi connectivity index (χ1v) is 12.3. The number of carbonyl (C=O) groups excluding carboxylic acids is 3. The lowest BCUT2D eigenvalue weighted by Gasteiger charge is -2.50. The molecule has 0 saturated heterocycles. The number of carbonyl (C=O) groups is 3. The molecule has 3 aliphatic carbocycles. The first kappa shape index (κ1) is 26.8. The number of benzene rings is 1. The van der Waals surface area contributed by atoms with Gasteiger partial charge >= 0.3 is 0 Å². The van der Waals surface area contributed by atoms with Crippen LogP contribution in [0.2, 0.25) is 0 Å². The van der Waals surface area contributed by atoms with Gasteiger partial charge in [0.2, 0.25) is 5.78 Å². The van der Waals surface area contributed by atoms with E-state index in [0.717, 1.165) is 0 Å². The van der Waals surface area contributed by atoms with Crippen molar-refractivity contribution in [2.45, 2.75) is 51.8 Å². The van der Waals surface area contributed by atoms with Crippen LogP contribution in [0, 0.1) is 17.3 Å². The van der Waals surface area contributed by atoms with Crippen LogP contribution in [0.15, 0.2) is 34.8 Å². The summed E-state index contributed by atoms with van der Waals surface area (Å²) in [6.45, 7) is 7.20. The molecule has 0 bridgehead atoms. The summed E-state index contributed by atoms with van der Waals surface area (Å²) in [7, 11) is 3.20. The normalized spacial score (nSPS) is 27.8. The third-order valence-corrected chi connectivity index (χ3v) is 7.65. The van der Waals surface area contributed by atoms with Gasteiger partial charge in [-0.25, -0.2) is 0 Å². The number of aromatic hydroxyl groups is 1. The smallest absolute Gasteiger partial charge is 0.255 e. The number of phenols is 1. The number of primary amides is 1. The van der Waals surface area contributed by atoms with Crippen molar-refractivity contribution in [1.29, 1.82) is 0 Å². The van der Waals surface area contributed by atoms with E-state index < -0.39 is 58.0 Å². The number of hydrogen-bond acceptors (Lipinski definition) is 9. The van der Waals surface area contributed by atoms with Crippen LogP contribution >= 0.6 is 0 Å². The lowest BCUT2D eigenvalue weighted by Crippen LogP contribution is -2.63. The molecule has 37 heavy (non-hydrogen) atoms. The Balaban J connectivity index is 1.81. The second kappa shape index (κ2) is 8.97. The van der Waals surface area contributed by atoms with Crippen molar-refractivity contribution in [2.75, 3.05) is 20.6 Å². The van der Waals surface area contributed by atoms with Gasteiger partial charge in [-0.15, -0.1) is 0 Å². The Morgan fingerprint density at radius 1 is 1.19 bits per heavy atom. The predicted molar refractivity (Wildman–Crippen MR) is 135 cm³/mol. The largest absolute Gasteiger partial charge is 0.510 e. The number of aliphatic hydroxyl groups is 3. The number of nitrogens with two attached hydrogens (primary N) is 1. The van der Waals surface area contributed by atoms with Crippen LogP contribution in [0.5, 0.6) is 5.75 Å². The summed E-state index contributed by atoms with van der Waals surface area (Å²) in [5, 5.41) is 48.0. The van der Waals surface area contributed by atoms with Gasteiger partial charge in [-0.1, -0.05) is 32.9 Å². The average Bonchev–Trinajstić information content (AvgIpc) is 2.76. The van der Waals surface area contributed by atoms with Gasteiger partial charge in [0.1, 0.15) is 22.8 Å². The molecule has 3 aliphatic rings. The second-order valence-corrected chi connectivity index (χ2v) is 11.7. The Morgan fingerprint density at radius 3 is 2.41 bits per heavy atom. The van der Waals surface area contributed by atoms with Crippen LogP contribution in [-0.2, 0) is 22.6 Å². The molecule has 10 nitrogen and oxygen atoms in total. The molecule has 4 atom stereocenters. The van der Waals surface area contributed by atoms with Crippen LogP contribution in [0.4, 0.5) is 0 Å². The van der Waals surface area contributed by atoms with Gasteiger partial charge in [0, 0.05) is 30.1 Å². The number of fused-ring (bicyclic) bond motifs is 3. The van der Waals surface area contributed by atoms with Gasteiger partial charge in [0.25, 0.3) is 5.91 Å². The molecule has 0 spiro atoms. The van der Waals surface area contributed by atoms with Gasteiger partial charge in [0.05, 0.1) is 11.6 Å². The van der Waals surface area contributed by atoms with Crippen molar-refractivity contribution in [1.82, 2.24) is 10.2 Å². The molecule has 0 radical (unpaired) electrons. The van der Waals surface area contributed by atoms with Gasteiger partial charge in [0.15, 0.2) is 11.4 Å². The summed E-state index contributed by atoms with van der Waals surface area (Å²) in [6, 6.07) is 2.52. The predicted octanol–water partition coefficient (Wildman–Crippen LogP) is 1.26. The van der Waals surface area contributed by atoms with Crippen LogP contribution in [0.1, 0.15) is 48.7 Å².